The van der Waals surface area contributed by atoms with E-state index >= 15 is 0 Å². The third-order valence-corrected chi connectivity index (χ3v) is 4.80. The molecule has 4 rings (SSSR count). The largest absolute Gasteiger partial charge is 0.394 e. The summed E-state index contributed by atoms with van der Waals surface area (Å²) in [6.07, 6.45) is 2.61. The molecule has 0 atom stereocenters. The van der Waals surface area contributed by atoms with Crippen LogP contribution in [0.25, 0.3) is 11.0 Å². The molecule has 150 valence electrons. The number of nitrogens with zero attached hydrogens (tertiary/aromatic N) is 3. The van der Waals surface area contributed by atoms with Gasteiger partial charge in [0, 0.05) is 11.6 Å². The zero-order valence-electron chi connectivity index (χ0n) is 15.2. The van der Waals surface area contributed by atoms with Crippen LogP contribution in [-0.2, 0) is 23.5 Å². The van der Waals surface area contributed by atoms with Crippen molar-refractivity contribution in [2.24, 2.45) is 0 Å². The number of benzene rings is 2. The molecule has 9 heteroatoms. The lowest BCUT2D eigenvalue weighted by molar-refractivity contribution is 0.318. The molecule has 1 aliphatic heterocycles. The van der Waals surface area contributed by atoms with Crippen molar-refractivity contribution in [1.82, 2.24) is 14.5 Å². The summed E-state index contributed by atoms with van der Waals surface area (Å²) in [5.41, 5.74) is 3.53. The van der Waals surface area contributed by atoms with Gasteiger partial charge in [-0.2, -0.15) is 8.42 Å². The predicted molar refractivity (Wildman–Crippen MR) is 109 cm³/mol. The smallest absolute Gasteiger partial charge is 0.322 e. The number of imidazole rings is 1. The molecule has 0 unspecified atom stereocenters. The number of rotatable bonds is 4. The van der Waals surface area contributed by atoms with E-state index in [1.54, 1.807) is 0 Å². The van der Waals surface area contributed by atoms with Gasteiger partial charge in [-0.1, -0.05) is 35.9 Å². The fourth-order valence-electron chi connectivity index (χ4n) is 3.34. The van der Waals surface area contributed by atoms with Crippen molar-refractivity contribution in [3.8, 4) is 0 Å². The Morgan fingerprint density at radius 2 is 1.57 bits per heavy atom. The van der Waals surface area contributed by atoms with Gasteiger partial charge in [-0.05, 0) is 55.8 Å². The summed E-state index contributed by atoms with van der Waals surface area (Å²) in [6, 6.07) is 16.5. The van der Waals surface area contributed by atoms with Gasteiger partial charge in [-0.3, -0.25) is 14.0 Å². The third-order valence-electron chi connectivity index (χ3n) is 4.55. The Labute approximate surface area is 169 Å². The molecular formula is C19H22ClN3O4S. The van der Waals surface area contributed by atoms with Gasteiger partial charge < -0.3 is 4.57 Å². The molecule has 0 amide bonds. The minimum absolute atomic E-state index is 0.779. The zero-order valence-corrected chi connectivity index (χ0v) is 16.8. The van der Waals surface area contributed by atoms with Crippen molar-refractivity contribution in [3.63, 3.8) is 0 Å². The van der Waals surface area contributed by atoms with Crippen molar-refractivity contribution < 1.29 is 17.5 Å². The number of hydrogen-bond acceptors (Lipinski definition) is 4. The summed E-state index contributed by atoms with van der Waals surface area (Å²) < 4.78 is 33.9. The Bertz CT molecular complexity index is 1020. The van der Waals surface area contributed by atoms with Crippen LogP contribution in [-0.4, -0.2) is 45.1 Å². The van der Waals surface area contributed by atoms with Gasteiger partial charge >= 0.3 is 10.4 Å². The van der Waals surface area contributed by atoms with Crippen LogP contribution >= 0.6 is 11.6 Å². The van der Waals surface area contributed by atoms with E-state index in [4.69, 9.17) is 34.1 Å². The maximum absolute atomic E-state index is 8.74. The topological polar surface area (TPSA) is 95.7 Å². The average Bonchev–Trinajstić information content (AvgIpc) is 3.24. The number of aromatic nitrogens is 2. The van der Waals surface area contributed by atoms with Crippen LogP contribution < -0.4 is 0 Å². The molecular weight excluding hydrogens is 402 g/mol. The van der Waals surface area contributed by atoms with Crippen LogP contribution in [0.3, 0.4) is 0 Å². The maximum Gasteiger partial charge on any atom is 0.394 e. The van der Waals surface area contributed by atoms with Crippen molar-refractivity contribution in [2.75, 3.05) is 13.1 Å². The molecule has 1 fully saturated rings. The Hall–Kier alpha value is -1.97. The van der Waals surface area contributed by atoms with E-state index in [0.29, 0.717) is 0 Å². The highest BCUT2D eigenvalue weighted by molar-refractivity contribution is 7.79. The molecule has 1 saturated heterocycles. The average molecular weight is 424 g/mol. The molecule has 2 aromatic carbocycles. The van der Waals surface area contributed by atoms with Crippen molar-refractivity contribution in [1.29, 1.82) is 0 Å². The molecule has 0 bridgehead atoms. The first-order valence-corrected chi connectivity index (χ1v) is 10.7. The normalized spacial score (nSPS) is 14.8. The number of fused-ring (bicyclic) bond motifs is 1. The first-order chi connectivity index (χ1) is 13.3. The van der Waals surface area contributed by atoms with Gasteiger partial charge in [0.25, 0.3) is 0 Å². The molecule has 2 N–H and O–H groups in total. The quantitative estimate of drug-likeness (QED) is 0.621. The molecule has 1 aliphatic rings. The van der Waals surface area contributed by atoms with Crippen LogP contribution in [0.5, 0.6) is 0 Å². The van der Waals surface area contributed by atoms with Crippen LogP contribution in [0.4, 0.5) is 0 Å². The van der Waals surface area contributed by atoms with Crippen LogP contribution in [0.2, 0.25) is 5.02 Å². The second kappa shape index (κ2) is 9.02. The summed E-state index contributed by atoms with van der Waals surface area (Å²) in [5.74, 6) is 1.16. The SMILES string of the molecule is Clc1ccc(Cn2c(CN3CCCC3)nc3ccccc32)cc1.O=S(=O)(O)O. The molecule has 3 aromatic rings. The molecule has 7 nitrogen and oxygen atoms in total. The van der Waals surface area contributed by atoms with E-state index in [9.17, 15) is 0 Å². The van der Waals surface area contributed by atoms with Crippen LogP contribution in [0.15, 0.2) is 48.5 Å². The molecule has 0 spiro atoms. The highest BCUT2D eigenvalue weighted by atomic mass is 35.5. The maximum atomic E-state index is 8.74. The number of likely N-dealkylation sites (tertiary alicyclic amines) is 1. The second-order valence-corrected chi connectivity index (χ2v) is 7.99. The molecule has 0 radical (unpaired) electrons. The summed E-state index contributed by atoms with van der Waals surface area (Å²) in [7, 11) is -4.67. The van der Waals surface area contributed by atoms with E-state index in [2.05, 4.69) is 45.9 Å². The van der Waals surface area contributed by atoms with Gasteiger partial charge in [0.15, 0.2) is 0 Å². The highest BCUT2D eigenvalue weighted by Crippen LogP contribution is 2.21. The Morgan fingerprint density at radius 1 is 0.964 bits per heavy atom. The molecule has 1 aromatic heterocycles. The lowest BCUT2D eigenvalue weighted by Crippen LogP contribution is -2.21. The minimum Gasteiger partial charge on any atom is -0.322 e. The first-order valence-electron chi connectivity index (χ1n) is 8.90. The lowest BCUT2D eigenvalue weighted by Gasteiger charge is -2.16. The lowest BCUT2D eigenvalue weighted by atomic mass is 10.2. The summed E-state index contributed by atoms with van der Waals surface area (Å²) >= 11 is 6.01. The highest BCUT2D eigenvalue weighted by Gasteiger charge is 2.17. The summed E-state index contributed by atoms with van der Waals surface area (Å²) in [5, 5.41) is 0.779. The van der Waals surface area contributed by atoms with Crippen molar-refractivity contribution >= 4 is 33.0 Å². The standard InChI is InChI=1S/C19H20ClN3.H2O4S/c20-16-9-7-15(8-10-16)13-23-18-6-2-1-5-17(18)21-19(23)14-22-11-3-4-12-22;1-5(2,3)4/h1-2,5-10H,3-4,11-14H2;(H2,1,2,3,4). The van der Waals surface area contributed by atoms with E-state index in [0.717, 1.165) is 29.5 Å². The van der Waals surface area contributed by atoms with Crippen molar-refractivity contribution in [2.45, 2.75) is 25.9 Å². The number of halogens is 1. The Balaban J connectivity index is 0.000000403. The minimum atomic E-state index is -4.67. The molecule has 0 aliphatic carbocycles. The summed E-state index contributed by atoms with van der Waals surface area (Å²) in [6.45, 7) is 4.14. The van der Waals surface area contributed by atoms with Gasteiger partial charge in [0.2, 0.25) is 0 Å². The first kappa shape index (κ1) is 20.8. The van der Waals surface area contributed by atoms with Gasteiger partial charge in [-0.25, -0.2) is 4.98 Å². The fraction of sp³-hybridized carbons (Fsp3) is 0.316. The van der Waals surface area contributed by atoms with E-state index in [1.807, 2.05) is 12.1 Å². The fourth-order valence-corrected chi connectivity index (χ4v) is 3.46. The third kappa shape index (κ3) is 6.02. The molecule has 2 heterocycles. The zero-order chi connectivity index (χ0) is 20.1. The van der Waals surface area contributed by atoms with E-state index in [-0.39, 0.29) is 0 Å². The van der Waals surface area contributed by atoms with E-state index < -0.39 is 10.4 Å². The number of para-hydroxylation sites is 2. The molecule has 28 heavy (non-hydrogen) atoms. The van der Waals surface area contributed by atoms with Crippen molar-refractivity contribution in [3.05, 3.63) is 64.9 Å². The summed E-state index contributed by atoms with van der Waals surface area (Å²) in [4.78, 5) is 7.38. The van der Waals surface area contributed by atoms with Crippen LogP contribution in [0.1, 0.15) is 24.2 Å². The van der Waals surface area contributed by atoms with Gasteiger partial charge in [0.1, 0.15) is 5.82 Å². The Kier molecular flexibility index (Phi) is 6.69. The predicted octanol–water partition coefficient (Wildman–Crippen LogP) is 3.68. The van der Waals surface area contributed by atoms with Crippen LogP contribution in [0, 0.1) is 0 Å². The molecule has 0 saturated carbocycles. The Morgan fingerprint density at radius 3 is 2.21 bits per heavy atom. The van der Waals surface area contributed by atoms with E-state index in [1.165, 1.54) is 37.0 Å². The number of hydrogen-bond donors (Lipinski definition) is 2. The van der Waals surface area contributed by atoms with Gasteiger partial charge in [0.05, 0.1) is 17.6 Å². The van der Waals surface area contributed by atoms with Gasteiger partial charge in [-0.15, -0.1) is 0 Å². The second-order valence-electron chi connectivity index (χ2n) is 6.66. The monoisotopic (exact) mass is 423 g/mol.